The summed E-state index contributed by atoms with van der Waals surface area (Å²) >= 11 is 0. The number of allylic oxidation sites excluding steroid dienone is 2. The Balaban J connectivity index is 2.24. The Kier molecular flexibility index (Phi) is 5.28. The van der Waals surface area contributed by atoms with Crippen LogP contribution in [0, 0.1) is 0 Å². The second-order valence-corrected chi connectivity index (χ2v) is 5.57. The number of aliphatic hydroxyl groups excluding tert-OH is 1. The van der Waals surface area contributed by atoms with E-state index in [1.54, 1.807) is 6.92 Å². The zero-order valence-corrected chi connectivity index (χ0v) is 13.0. The molecule has 112 valence electrons. The number of hydrogen-bond acceptors (Lipinski definition) is 3. The number of benzene rings is 1. The van der Waals surface area contributed by atoms with Gasteiger partial charge in [-0.2, -0.15) is 5.10 Å². The lowest BCUT2D eigenvalue weighted by molar-refractivity contribution is 0.167. The molecule has 1 aromatic carbocycles. The number of aryl methyl sites for hydroxylation is 1. The van der Waals surface area contributed by atoms with Crippen LogP contribution in [-0.4, -0.2) is 26.0 Å². The maximum absolute atomic E-state index is 9.62. The lowest BCUT2D eigenvalue weighted by Gasteiger charge is -2.06. The number of hydrogen-bond donors (Lipinski definition) is 1. The Labute approximate surface area is 126 Å². The molecule has 1 atom stereocenters. The molecule has 0 saturated carbocycles. The molecule has 21 heavy (non-hydrogen) atoms. The van der Waals surface area contributed by atoms with E-state index >= 15 is 0 Å². The van der Waals surface area contributed by atoms with Gasteiger partial charge in [-0.15, -0.1) is 0 Å². The fourth-order valence-electron chi connectivity index (χ4n) is 2.16. The molecule has 0 bridgehead atoms. The van der Waals surface area contributed by atoms with Crippen molar-refractivity contribution in [2.24, 2.45) is 0 Å². The van der Waals surface area contributed by atoms with E-state index in [1.165, 1.54) is 5.57 Å². The Morgan fingerprint density at radius 1 is 1.29 bits per heavy atom. The molecule has 0 aliphatic rings. The molecular formula is C17H23N3O. The third-order valence-electron chi connectivity index (χ3n) is 3.14. The van der Waals surface area contributed by atoms with Gasteiger partial charge in [0.05, 0.1) is 12.6 Å². The molecule has 0 amide bonds. The smallest absolute Gasteiger partial charge is 0.181 e. The summed E-state index contributed by atoms with van der Waals surface area (Å²) in [6.07, 6.45) is 3.54. The molecule has 0 aliphatic heterocycles. The quantitative estimate of drug-likeness (QED) is 0.829. The molecule has 0 fully saturated rings. The van der Waals surface area contributed by atoms with Gasteiger partial charge >= 0.3 is 0 Å². The van der Waals surface area contributed by atoms with Crippen molar-refractivity contribution in [3.8, 4) is 11.4 Å². The number of nitrogens with zero attached hydrogens (tertiary/aromatic N) is 3. The molecule has 2 aromatic rings. The van der Waals surface area contributed by atoms with Crippen molar-refractivity contribution in [3.63, 3.8) is 0 Å². The highest BCUT2D eigenvalue weighted by atomic mass is 16.3. The predicted octanol–water partition coefficient (Wildman–Crippen LogP) is 3.22. The minimum Gasteiger partial charge on any atom is -0.391 e. The number of aromatic nitrogens is 3. The molecule has 0 aliphatic carbocycles. The van der Waals surface area contributed by atoms with E-state index in [0.29, 0.717) is 6.54 Å². The van der Waals surface area contributed by atoms with E-state index in [1.807, 2.05) is 35.0 Å². The highest BCUT2D eigenvalue weighted by molar-refractivity contribution is 5.54. The Hall–Kier alpha value is -1.94. The third-order valence-corrected chi connectivity index (χ3v) is 3.14. The van der Waals surface area contributed by atoms with Crippen molar-refractivity contribution in [2.45, 2.75) is 46.3 Å². The van der Waals surface area contributed by atoms with Crippen LogP contribution in [0.1, 0.15) is 33.0 Å². The van der Waals surface area contributed by atoms with Gasteiger partial charge in [0.2, 0.25) is 0 Å². The molecule has 1 unspecified atom stereocenters. The van der Waals surface area contributed by atoms with E-state index in [4.69, 9.17) is 0 Å². The average molecular weight is 285 g/mol. The molecule has 2 rings (SSSR count). The van der Waals surface area contributed by atoms with Crippen molar-refractivity contribution in [2.75, 3.05) is 0 Å². The van der Waals surface area contributed by atoms with Crippen LogP contribution in [0.25, 0.3) is 11.4 Å². The Bertz CT molecular complexity index is 596. The van der Waals surface area contributed by atoms with Gasteiger partial charge in [-0.05, 0) is 27.2 Å². The normalized spacial score (nSPS) is 12.2. The van der Waals surface area contributed by atoms with Crippen LogP contribution in [-0.2, 0) is 13.0 Å². The van der Waals surface area contributed by atoms with Gasteiger partial charge in [0.15, 0.2) is 5.82 Å². The summed E-state index contributed by atoms with van der Waals surface area (Å²) in [6.45, 7) is 6.43. The van der Waals surface area contributed by atoms with Gasteiger partial charge in [-0.25, -0.2) is 9.67 Å². The van der Waals surface area contributed by atoms with Crippen LogP contribution < -0.4 is 0 Å². The van der Waals surface area contributed by atoms with Gasteiger partial charge in [0.1, 0.15) is 5.82 Å². The molecule has 0 spiro atoms. The largest absolute Gasteiger partial charge is 0.391 e. The summed E-state index contributed by atoms with van der Waals surface area (Å²) in [5, 5.41) is 14.2. The monoisotopic (exact) mass is 285 g/mol. The molecule has 1 heterocycles. The molecule has 1 aromatic heterocycles. The molecule has 0 saturated heterocycles. The van der Waals surface area contributed by atoms with Crippen LogP contribution in [0.2, 0.25) is 0 Å². The topological polar surface area (TPSA) is 50.9 Å². The fourth-order valence-corrected chi connectivity index (χ4v) is 2.16. The summed E-state index contributed by atoms with van der Waals surface area (Å²) in [5.74, 6) is 1.65. The Morgan fingerprint density at radius 3 is 2.62 bits per heavy atom. The minimum atomic E-state index is -0.433. The summed E-state index contributed by atoms with van der Waals surface area (Å²) in [4.78, 5) is 4.64. The highest BCUT2D eigenvalue weighted by Crippen LogP contribution is 2.16. The van der Waals surface area contributed by atoms with Gasteiger partial charge in [-0.1, -0.05) is 42.0 Å². The molecular weight excluding hydrogens is 262 g/mol. The summed E-state index contributed by atoms with van der Waals surface area (Å²) in [5.41, 5.74) is 2.31. The summed E-state index contributed by atoms with van der Waals surface area (Å²) in [7, 11) is 0. The van der Waals surface area contributed by atoms with E-state index in [0.717, 1.165) is 30.1 Å². The first-order valence-corrected chi connectivity index (χ1v) is 7.37. The van der Waals surface area contributed by atoms with Gasteiger partial charge in [-0.3, -0.25) is 0 Å². The second-order valence-electron chi connectivity index (χ2n) is 5.57. The maximum Gasteiger partial charge on any atom is 0.181 e. The second kappa shape index (κ2) is 7.18. The first kappa shape index (κ1) is 15.4. The lowest BCUT2D eigenvalue weighted by Crippen LogP contribution is -2.15. The molecule has 0 radical (unpaired) electrons. The van der Waals surface area contributed by atoms with Crippen molar-refractivity contribution < 1.29 is 5.11 Å². The average Bonchev–Trinajstić information content (AvgIpc) is 2.82. The van der Waals surface area contributed by atoms with Crippen LogP contribution in [0.4, 0.5) is 0 Å². The van der Waals surface area contributed by atoms with E-state index < -0.39 is 6.10 Å². The first-order valence-electron chi connectivity index (χ1n) is 7.37. The van der Waals surface area contributed by atoms with E-state index in [9.17, 15) is 5.11 Å². The summed E-state index contributed by atoms with van der Waals surface area (Å²) < 4.78 is 1.83. The minimum absolute atomic E-state index is 0.433. The zero-order chi connectivity index (χ0) is 15.2. The molecule has 4 heteroatoms. The first-order chi connectivity index (χ1) is 10.1. The lowest BCUT2D eigenvalue weighted by atomic mass is 10.2. The van der Waals surface area contributed by atoms with Gasteiger partial charge < -0.3 is 5.11 Å². The van der Waals surface area contributed by atoms with Crippen molar-refractivity contribution in [1.82, 2.24) is 14.8 Å². The molecule has 4 nitrogen and oxygen atoms in total. The third kappa shape index (κ3) is 4.53. The van der Waals surface area contributed by atoms with Crippen LogP contribution >= 0.6 is 0 Å². The maximum atomic E-state index is 9.62. The van der Waals surface area contributed by atoms with E-state index in [-0.39, 0.29) is 0 Å². The Morgan fingerprint density at radius 2 is 2.00 bits per heavy atom. The highest BCUT2D eigenvalue weighted by Gasteiger charge is 2.12. The molecule has 1 N–H and O–H groups in total. The van der Waals surface area contributed by atoms with Crippen LogP contribution in [0.5, 0.6) is 0 Å². The fraction of sp³-hybridized carbons (Fsp3) is 0.412. The van der Waals surface area contributed by atoms with Gasteiger partial charge in [0, 0.05) is 12.0 Å². The number of aliphatic hydroxyl groups is 1. The van der Waals surface area contributed by atoms with Crippen LogP contribution in [0.15, 0.2) is 42.0 Å². The van der Waals surface area contributed by atoms with Crippen molar-refractivity contribution in [1.29, 1.82) is 0 Å². The standard InChI is InChI=1S/C17H23N3O/c1-13(2)8-7-11-16-18-17(15-9-5-4-6-10-15)19-20(16)12-14(3)21/h4-6,8-10,14,21H,7,11-12H2,1-3H3. The van der Waals surface area contributed by atoms with Gasteiger partial charge in [0.25, 0.3) is 0 Å². The van der Waals surface area contributed by atoms with Crippen LogP contribution in [0.3, 0.4) is 0 Å². The van der Waals surface area contributed by atoms with Crippen molar-refractivity contribution in [3.05, 3.63) is 47.8 Å². The zero-order valence-electron chi connectivity index (χ0n) is 13.0. The SMILES string of the molecule is CC(C)=CCCc1nc(-c2ccccc2)nn1CC(C)O. The van der Waals surface area contributed by atoms with E-state index in [2.05, 4.69) is 30.0 Å². The summed E-state index contributed by atoms with van der Waals surface area (Å²) in [6, 6.07) is 9.94. The predicted molar refractivity (Wildman–Crippen MR) is 84.9 cm³/mol. The number of rotatable bonds is 6. The van der Waals surface area contributed by atoms with Crippen molar-refractivity contribution >= 4 is 0 Å².